The van der Waals surface area contributed by atoms with Crippen LogP contribution in [0.5, 0.6) is 11.5 Å². The number of carbonyl (C=O) groups excluding carboxylic acids is 1. The van der Waals surface area contributed by atoms with Gasteiger partial charge in [-0.1, -0.05) is 24.3 Å². The van der Waals surface area contributed by atoms with Crippen LogP contribution in [0.15, 0.2) is 42.5 Å². The number of hydrogen-bond donors (Lipinski definition) is 0. The van der Waals surface area contributed by atoms with Gasteiger partial charge in [0.1, 0.15) is 0 Å². The first-order valence-electron chi connectivity index (χ1n) is 9.40. The van der Waals surface area contributed by atoms with E-state index >= 15 is 0 Å². The number of amides is 1. The molecule has 27 heavy (non-hydrogen) atoms. The monoisotopic (exact) mass is 368 g/mol. The van der Waals surface area contributed by atoms with E-state index in [1.54, 1.807) is 14.2 Å². The smallest absolute Gasteiger partial charge is 0.253 e. The van der Waals surface area contributed by atoms with Gasteiger partial charge in [-0.05, 0) is 37.6 Å². The number of para-hydroxylation sites is 1. The molecule has 1 fully saturated rings. The average Bonchev–Trinajstić information content (AvgIpc) is 2.72. The number of methoxy groups -OCH3 is 2. The van der Waals surface area contributed by atoms with E-state index in [4.69, 9.17) is 9.47 Å². The summed E-state index contributed by atoms with van der Waals surface area (Å²) in [6.45, 7) is 7.78. The predicted octanol–water partition coefficient (Wildman–Crippen LogP) is 3.54. The van der Waals surface area contributed by atoms with Gasteiger partial charge in [0, 0.05) is 43.3 Å². The van der Waals surface area contributed by atoms with Gasteiger partial charge in [-0.2, -0.15) is 0 Å². The lowest BCUT2D eigenvalue weighted by Gasteiger charge is -2.37. The number of benzene rings is 2. The Morgan fingerprint density at radius 3 is 2.30 bits per heavy atom. The van der Waals surface area contributed by atoms with Gasteiger partial charge in [-0.3, -0.25) is 9.69 Å². The van der Waals surface area contributed by atoms with E-state index < -0.39 is 0 Å². The third-order valence-electron chi connectivity index (χ3n) is 5.16. The molecule has 0 aromatic heterocycles. The van der Waals surface area contributed by atoms with Crippen molar-refractivity contribution in [3.63, 3.8) is 0 Å². The molecule has 5 nitrogen and oxygen atoms in total. The van der Waals surface area contributed by atoms with Crippen LogP contribution in [0, 0.1) is 0 Å². The summed E-state index contributed by atoms with van der Waals surface area (Å²) in [5, 5.41) is 0. The molecule has 0 radical (unpaired) electrons. The Balaban J connectivity index is 1.84. The molecule has 1 saturated heterocycles. The summed E-state index contributed by atoms with van der Waals surface area (Å²) in [4.78, 5) is 17.3. The standard InChI is InChI=1S/C22H28N2O3/c1-16(2)23-11-13-24(14-12-23)22(25)18-8-5-7-17(15-18)19-9-6-10-20(26-3)21(19)27-4/h5-10,15-16H,11-14H2,1-4H3. The van der Waals surface area contributed by atoms with Crippen molar-refractivity contribution in [2.45, 2.75) is 19.9 Å². The van der Waals surface area contributed by atoms with Gasteiger partial charge in [0.25, 0.3) is 5.91 Å². The molecule has 0 aliphatic carbocycles. The summed E-state index contributed by atoms with van der Waals surface area (Å²) in [6.07, 6.45) is 0. The number of rotatable bonds is 5. The molecule has 0 unspecified atom stereocenters. The van der Waals surface area contributed by atoms with Gasteiger partial charge in [0.05, 0.1) is 14.2 Å². The van der Waals surface area contributed by atoms with Crippen molar-refractivity contribution in [1.29, 1.82) is 0 Å². The second-order valence-corrected chi connectivity index (χ2v) is 7.04. The molecule has 2 aromatic carbocycles. The second-order valence-electron chi connectivity index (χ2n) is 7.04. The third-order valence-corrected chi connectivity index (χ3v) is 5.16. The normalized spacial score (nSPS) is 15.1. The average molecular weight is 368 g/mol. The molecule has 1 aliphatic rings. The largest absolute Gasteiger partial charge is 0.493 e. The minimum Gasteiger partial charge on any atom is -0.493 e. The minimum atomic E-state index is 0.0853. The maximum Gasteiger partial charge on any atom is 0.253 e. The van der Waals surface area contributed by atoms with Gasteiger partial charge in [-0.15, -0.1) is 0 Å². The van der Waals surface area contributed by atoms with Crippen molar-refractivity contribution in [3.8, 4) is 22.6 Å². The van der Waals surface area contributed by atoms with E-state index in [2.05, 4.69) is 18.7 Å². The van der Waals surface area contributed by atoms with Gasteiger partial charge >= 0.3 is 0 Å². The van der Waals surface area contributed by atoms with Crippen LogP contribution in [0.4, 0.5) is 0 Å². The van der Waals surface area contributed by atoms with Crippen molar-refractivity contribution < 1.29 is 14.3 Å². The quantitative estimate of drug-likeness (QED) is 0.810. The van der Waals surface area contributed by atoms with Crippen LogP contribution in [0.25, 0.3) is 11.1 Å². The van der Waals surface area contributed by atoms with Crippen LogP contribution in [0.2, 0.25) is 0 Å². The lowest BCUT2D eigenvalue weighted by Crippen LogP contribution is -2.50. The Hall–Kier alpha value is -2.53. The van der Waals surface area contributed by atoms with Crippen LogP contribution in [0.1, 0.15) is 24.2 Å². The summed E-state index contributed by atoms with van der Waals surface area (Å²) in [5.74, 6) is 1.44. The van der Waals surface area contributed by atoms with Crippen LogP contribution in [-0.2, 0) is 0 Å². The minimum absolute atomic E-state index is 0.0853. The predicted molar refractivity (Wildman–Crippen MR) is 108 cm³/mol. The summed E-state index contributed by atoms with van der Waals surface area (Å²) in [7, 11) is 3.25. The molecule has 1 aliphatic heterocycles. The summed E-state index contributed by atoms with van der Waals surface area (Å²) < 4.78 is 10.9. The van der Waals surface area contributed by atoms with E-state index in [9.17, 15) is 4.79 Å². The van der Waals surface area contributed by atoms with Crippen LogP contribution in [0.3, 0.4) is 0 Å². The zero-order valence-corrected chi connectivity index (χ0v) is 16.6. The summed E-state index contributed by atoms with van der Waals surface area (Å²) in [6, 6.07) is 14.0. The van der Waals surface area contributed by atoms with E-state index in [0.29, 0.717) is 23.1 Å². The molecule has 0 saturated carbocycles. The van der Waals surface area contributed by atoms with E-state index in [1.807, 2.05) is 47.4 Å². The van der Waals surface area contributed by atoms with Crippen molar-refractivity contribution in [1.82, 2.24) is 9.80 Å². The molecular formula is C22H28N2O3. The van der Waals surface area contributed by atoms with E-state index in [0.717, 1.165) is 37.3 Å². The number of hydrogen-bond acceptors (Lipinski definition) is 4. The third kappa shape index (κ3) is 4.08. The van der Waals surface area contributed by atoms with Gasteiger partial charge in [0.2, 0.25) is 0 Å². The van der Waals surface area contributed by atoms with Gasteiger partial charge in [-0.25, -0.2) is 0 Å². The topological polar surface area (TPSA) is 42.0 Å². The first-order chi connectivity index (χ1) is 13.0. The highest BCUT2D eigenvalue weighted by Crippen LogP contribution is 2.38. The molecule has 0 bridgehead atoms. The maximum atomic E-state index is 13.0. The molecule has 1 heterocycles. The van der Waals surface area contributed by atoms with Crippen molar-refractivity contribution in [2.24, 2.45) is 0 Å². The Labute approximate surface area is 161 Å². The van der Waals surface area contributed by atoms with Crippen LogP contribution in [-0.4, -0.2) is 62.1 Å². The molecule has 2 aromatic rings. The maximum absolute atomic E-state index is 13.0. The highest BCUT2D eigenvalue weighted by Gasteiger charge is 2.23. The molecule has 0 N–H and O–H groups in total. The lowest BCUT2D eigenvalue weighted by molar-refractivity contribution is 0.0595. The highest BCUT2D eigenvalue weighted by atomic mass is 16.5. The molecule has 3 rings (SSSR count). The second kappa shape index (κ2) is 8.44. The molecule has 0 spiro atoms. The molecule has 5 heteroatoms. The number of carbonyl (C=O) groups is 1. The van der Waals surface area contributed by atoms with Crippen molar-refractivity contribution in [3.05, 3.63) is 48.0 Å². The van der Waals surface area contributed by atoms with Crippen molar-refractivity contribution in [2.75, 3.05) is 40.4 Å². The zero-order chi connectivity index (χ0) is 19.4. The Morgan fingerprint density at radius 1 is 0.963 bits per heavy atom. The Kier molecular flexibility index (Phi) is 6.01. The van der Waals surface area contributed by atoms with E-state index in [-0.39, 0.29) is 5.91 Å². The first kappa shape index (κ1) is 19.2. The lowest BCUT2D eigenvalue weighted by atomic mass is 10.0. The first-order valence-corrected chi connectivity index (χ1v) is 9.40. The van der Waals surface area contributed by atoms with Crippen LogP contribution < -0.4 is 9.47 Å². The fourth-order valence-electron chi connectivity index (χ4n) is 3.56. The SMILES string of the molecule is COc1cccc(-c2cccc(C(=O)N3CCN(C(C)C)CC3)c2)c1OC. The molecule has 144 valence electrons. The number of piperazine rings is 1. The highest BCUT2D eigenvalue weighted by molar-refractivity contribution is 5.96. The fraction of sp³-hybridized carbons (Fsp3) is 0.409. The summed E-state index contributed by atoms with van der Waals surface area (Å²) >= 11 is 0. The molecule has 0 atom stereocenters. The fourth-order valence-corrected chi connectivity index (χ4v) is 3.56. The van der Waals surface area contributed by atoms with E-state index in [1.165, 1.54) is 0 Å². The van der Waals surface area contributed by atoms with Gasteiger partial charge < -0.3 is 14.4 Å². The number of nitrogens with zero attached hydrogens (tertiary/aromatic N) is 2. The van der Waals surface area contributed by atoms with Gasteiger partial charge in [0.15, 0.2) is 11.5 Å². The number of ether oxygens (including phenoxy) is 2. The van der Waals surface area contributed by atoms with Crippen LogP contribution >= 0.6 is 0 Å². The Morgan fingerprint density at radius 2 is 1.67 bits per heavy atom. The Bertz CT molecular complexity index is 796. The van der Waals surface area contributed by atoms with Crippen molar-refractivity contribution >= 4 is 5.91 Å². The molecule has 1 amide bonds. The zero-order valence-electron chi connectivity index (χ0n) is 16.6. The summed E-state index contributed by atoms with van der Waals surface area (Å²) in [5.41, 5.74) is 2.56. The molecular weight excluding hydrogens is 340 g/mol.